The Balaban J connectivity index is 2.21. The van der Waals surface area contributed by atoms with Crippen molar-refractivity contribution in [1.29, 1.82) is 0 Å². The summed E-state index contributed by atoms with van der Waals surface area (Å²) in [5.41, 5.74) is 1.22. The molecule has 1 N–H and O–H groups in total. The lowest BCUT2D eigenvalue weighted by atomic mass is 10.2. The SMILES string of the molecule is COCCNCCOc1ccc(C)cc1Br. The van der Waals surface area contributed by atoms with Crippen molar-refractivity contribution < 1.29 is 9.47 Å². The summed E-state index contributed by atoms with van der Waals surface area (Å²) in [6.07, 6.45) is 0. The lowest BCUT2D eigenvalue weighted by Gasteiger charge is -2.09. The molecule has 0 aliphatic heterocycles. The summed E-state index contributed by atoms with van der Waals surface area (Å²) in [6, 6.07) is 6.07. The summed E-state index contributed by atoms with van der Waals surface area (Å²) in [4.78, 5) is 0. The van der Waals surface area contributed by atoms with Crippen LogP contribution in [0.5, 0.6) is 5.75 Å². The van der Waals surface area contributed by atoms with Gasteiger partial charge in [0.15, 0.2) is 0 Å². The molecule has 1 aromatic carbocycles. The van der Waals surface area contributed by atoms with Gasteiger partial charge in [-0.25, -0.2) is 0 Å². The molecule has 90 valence electrons. The van der Waals surface area contributed by atoms with Crippen LogP contribution in [-0.4, -0.2) is 33.4 Å². The van der Waals surface area contributed by atoms with Crippen molar-refractivity contribution in [3.05, 3.63) is 28.2 Å². The lowest BCUT2D eigenvalue weighted by Crippen LogP contribution is -2.24. The number of halogens is 1. The Morgan fingerprint density at radius 2 is 2.00 bits per heavy atom. The van der Waals surface area contributed by atoms with E-state index < -0.39 is 0 Å². The highest BCUT2D eigenvalue weighted by Gasteiger charge is 2.00. The maximum Gasteiger partial charge on any atom is 0.133 e. The van der Waals surface area contributed by atoms with Crippen LogP contribution in [0.2, 0.25) is 0 Å². The second-order valence-corrected chi connectivity index (χ2v) is 4.38. The van der Waals surface area contributed by atoms with Gasteiger partial charge in [0, 0.05) is 20.2 Å². The van der Waals surface area contributed by atoms with Gasteiger partial charge in [-0.1, -0.05) is 6.07 Å². The number of methoxy groups -OCH3 is 1. The predicted octanol–water partition coefficient (Wildman–Crippen LogP) is 2.37. The van der Waals surface area contributed by atoms with Crippen molar-refractivity contribution in [2.75, 3.05) is 33.4 Å². The monoisotopic (exact) mass is 287 g/mol. The summed E-state index contributed by atoms with van der Waals surface area (Å²) in [5, 5.41) is 3.22. The normalized spacial score (nSPS) is 10.4. The second-order valence-electron chi connectivity index (χ2n) is 3.53. The third-order valence-corrected chi connectivity index (χ3v) is 2.73. The van der Waals surface area contributed by atoms with Crippen molar-refractivity contribution in [2.24, 2.45) is 0 Å². The molecule has 0 atom stereocenters. The third-order valence-electron chi connectivity index (χ3n) is 2.11. The summed E-state index contributed by atoms with van der Waals surface area (Å²) < 4.78 is 11.6. The van der Waals surface area contributed by atoms with Crippen LogP contribution in [0.25, 0.3) is 0 Å². The highest BCUT2D eigenvalue weighted by molar-refractivity contribution is 9.10. The van der Waals surface area contributed by atoms with E-state index in [1.54, 1.807) is 7.11 Å². The van der Waals surface area contributed by atoms with Gasteiger partial charge in [0.2, 0.25) is 0 Å². The fraction of sp³-hybridized carbons (Fsp3) is 0.500. The molecule has 1 rings (SSSR count). The number of hydrogen-bond donors (Lipinski definition) is 1. The molecule has 16 heavy (non-hydrogen) atoms. The predicted molar refractivity (Wildman–Crippen MR) is 69.1 cm³/mol. The first-order chi connectivity index (χ1) is 7.74. The van der Waals surface area contributed by atoms with Crippen LogP contribution in [0.4, 0.5) is 0 Å². The first kappa shape index (κ1) is 13.5. The maximum absolute atomic E-state index is 5.62. The molecule has 0 saturated heterocycles. The van der Waals surface area contributed by atoms with E-state index >= 15 is 0 Å². The molecule has 3 nitrogen and oxygen atoms in total. The number of nitrogens with one attached hydrogen (secondary N) is 1. The van der Waals surface area contributed by atoms with Crippen LogP contribution in [0.1, 0.15) is 5.56 Å². The van der Waals surface area contributed by atoms with E-state index in [9.17, 15) is 0 Å². The Bertz CT molecular complexity index is 318. The Labute approximate surface area is 105 Å². The van der Waals surface area contributed by atoms with E-state index in [2.05, 4.69) is 28.2 Å². The van der Waals surface area contributed by atoms with Crippen molar-refractivity contribution in [1.82, 2.24) is 5.32 Å². The van der Waals surface area contributed by atoms with Gasteiger partial charge in [0.05, 0.1) is 11.1 Å². The molecule has 0 unspecified atom stereocenters. The Morgan fingerprint density at radius 1 is 1.25 bits per heavy atom. The van der Waals surface area contributed by atoms with Gasteiger partial charge >= 0.3 is 0 Å². The van der Waals surface area contributed by atoms with Crippen LogP contribution in [-0.2, 0) is 4.74 Å². The van der Waals surface area contributed by atoms with E-state index in [0.29, 0.717) is 6.61 Å². The van der Waals surface area contributed by atoms with Gasteiger partial charge in [-0.15, -0.1) is 0 Å². The molecule has 0 fully saturated rings. The molecule has 0 amide bonds. The van der Waals surface area contributed by atoms with E-state index in [1.165, 1.54) is 5.56 Å². The minimum absolute atomic E-state index is 0.658. The molecule has 4 heteroatoms. The van der Waals surface area contributed by atoms with Crippen molar-refractivity contribution in [2.45, 2.75) is 6.92 Å². The van der Waals surface area contributed by atoms with Crippen LogP contribution in [0.15, 0.2) is 22.7 Å². The lowest BCUT2D eigenvalue weighted by molar-refractivity contribution is 0.196. The molecule has 1 aromatic rings. The zero-order valence-electron chi connectivity index (χ0n) is 9.75. The van der Waals surface area contributed by atoms with Gasteiger partial charge in [0.25, 0.3) is 0 Å². The quantitative estimate of drug-likeness (QED) is 0.781. The minimum Gasteiger partial charge on any atom is -0.491 e. The largest absolute Gasteiger partial charge is 0.491 e. The summed E-state index contributed by atoms with van der Waals surface area (Å²) in [6.45, 7) is 5.12. The highest BCUT2D eigenvalue weighted by atomic mass is 79.9. The zero-order valence-corrected chi connectivity index (χ0v) is 11.3. The summed E-state index contributed by atoms with van der Waals surface area (Å²) in [5.74, 6) is 0.888. The van der Waals surface area contributed by atoms with E-state index in [1.807, 2.05) is 18.2 Å². The third kappa shape index (κ3) is 4.96. The topological polar surface area (TPSA) is 30.5 Å². The van der Waals surface area contributed by atoms with Gasteiger partial charge in [-0.2, -0.15) is 0 Å². The molecular weight excluding hydrogens is 270 g/mol. The molecule has 0 spiro atoms. The molecule has 0 aliphatic rings. The van der Waals surface area contributed by atoms with Crippen LogP contribution < -0.4 is 10.1 Å². The van der Waals surface area contributed by atoms with E-state index in [0.717, 1.165) is 29.9 Å². The van der Waals surface area contributed by atoms with E-state index in [-0.39, 0.29) is 0 Å². The van der Waals surface area contributed by atoms with Crippen molar-refractivity contribution in [3.8, 4) is 5.75 Å². The molecule has 0 heterocycles. The minimum atomic E-state index is 0.658. The van der Waals surface area contributed by atoms with Gasteiger partial charge < -0.3 is 14.8 Å². The van der Waals surface area contributed by atoms with Crippen LogP contribution >= 0.6 is 15.9 Å². The zero-order chi connectivity index (χ0) is 11.8. The molecule has 0 saturated carbocycles. The van der Waals surface area contributed by atoms with Crippen LogP contribution in [0.3, 0.4) is 0 Å². The Hall–Kier alpha value is -0.580. The molecular formula is C12H18BrNO2. The molecule has 0 aromatic heterocycles. The fourth-order valence-corrected chi connectivity index (χ4v) is 1.86. The fourth-order valence-electron chi connectivity index (χ4n) is 1.26. The number of ether oxygens (including phenoxy) is 2. The summed E-state index contributed by atoms with van der Waals surface area (Å²) in [7, 11) is 1.70. The number of hydrogen-bond acceptors (Lipinski definition) is 3. The maximum atomic E-state index is 5.62. The van der Waals surface area contributed by atoms with Gasteiger partial charge in [-0.05, 0) is 40.5 Å². The Morgan fingerprint density at radius 3 is 2.69 bits per heavy atom. The number of rotatable bonds is 7. The first-order valence-corrected chi connectivity index (χ1v) is 6.12. The molecule has 0 radical (unpaired) electrons. The second kappa shape index (κ2) is 7.65. The Kier molecular flexibility index (Phi) is 6.45. The smallest absolute Gasteiger partial charge is 0.133 e. The van der Waals surface area contributed by atoms with Crippen molar-refractivity contribution in [3.63, 3.8) is 0 Å². The van der Waals surface area contributed by atoms with Gasteiger partial charge in [0.1, 0.15) is 12.4 Å². The molecule has 0 aliphatic carbocycles. The standard InChI is InChI=1S/C12H18BrNO2/c1-10-3-4-12(11(13)9-10)16-8-6-14-5-7-15-2/h3-4,9,14H,5-8H2,1-2H3. The van der Waals surface area contributed by atoms with E-state index in [4.69, 9.17) is 9.47 Å². The van der Waals surface area contributed by atoms with Crippen molar-refractivity contribution >= 4 is 15.9 Å². The van der Waals surface area contributed by atoms with Gasteiger partial charge in [-0.3, -0.25) is 0 Å². The average Bonchev–Trinajstić information content (AvgIpc) is 2.26. The first-order valence-electron chi connectivity index (χ1n) is 5.32. The number of aryl methyl sites for hydroxylation is 1. The number of benzene rings is 1. The summed E-state index contributed by atoms with van der Waals surface area (Å²) >= 11 is 3.48. The van der Waals surface area contributed by atoms with Crippen LogP contribution in [0, 0.1) is 6.92 Å². The average molecular weight is 288 g/mol. The molecule has 0 bridgehead atoms. The highest BCUT2D eigenvalue weighted by Crippen LogP contribution is 2.25.